The molecule has 1 atom stereocenters. The lowest BCUT2D eigenvalue weighted by Gasteiger charge is -2.23. The molecule has 2 heterocycles. The van der Waals surface area contributed by atoms with E-state index in [0.29, 0.717) is 13.0 Å². The predicted molar refractivity (Wildman–Crippen MR) is 97.7 cm³/mol. The molecule has 136 valence electrons. The van der Waals surface area contributed by atoms with E-state index < -0.39 is 18.8 Å². The van der Waals surface area contributed by atoms with Crippen LogP contribution in [0, 0.1) is 0 Å². The predicted octanol–water partition coefficient (Wildman–Crippen LogP) is 2.74. The van der Waals surface area contributed by atoms with Crippen LogP contribution < -0.4 is 10.8 Å². The summed E-state index contributed by atoms with van der Waals surface area (Å²) in [7, 11) is -0.451. The molecule has 7 heteroatoms. The second-order valence-electron chi connectivity index (χ2n) is 7.80. The van der Waals surface area contributed by atoms with Crippen LogP contribution >= 0.6 is 0 Å². The average molecular weight is 346 g/mol. The Labute approximate surface area is 150 Å². The van der Waals surface area contributed by atoms with E-state index in [0.717, 1.165) is 11.0 Å². The summed E-state index contributed by atoms with van der Waals surface area (Å²) in [6, 6.07) is 1.65. The Morgan fingerprint density at radius 2 is 2.24 bits per heavy atom. The minimum absolute atomic E-state index is 0.283. The lowest BCUT2D eigenvalue weighted by atomic mass is 9.79. The highest BCUT2D eigenvalue weighted by molar-refractivity contribution is 6.61. The van der Waals surface area contributed by atoms with Gasteiger partial charge in [0.25, 0.3) is 0 Å². The zero-order chi connectivity index (χ0) is 18.7. The fraction of sp³-hybridized carbons (Fsp3) is 0.556. The van der Waals surface area contributed by atoms with Crippen LogP contribution in [-0.4, -0.2) is 36.0 Å². The first-order chi connectivity index (χ1) is 11.6. The molecule has 2 rings (SSSR count). The number of alkyl carbamates (subject to hydrolysis) is 1. The maximum atomic E-state index is 12.1. The Morgan fingerprint density at radius 1 is 1.52 bits per heavy atom. The van der Waals surface area contributed by atoms with Crippen LogP contribution in [0.4, 0.5) is 4.79 Å². The van der Waals surface area contributed by atoms with Crippen molar-refractivity contribution in [2.45, 2.75) is 58.3 Å². The molecule has 0 saturated carbocycles. The van der Waals surface area contributed by atoms with Gasteiger partial charge in [-0.05, 0) is 46.6 Å². The summed E-state index contributed by atoms with van der Waals surface area (Å²) in [5.41, 5.74) is 0.791. The molecular formula is C18H27BN2O4. The van der Waals surface area contributed by atoms with Crippen molar-refractivity contribution in [3.63, 3.8) is 0 Å². The molecule has 25 heavy (non-hydrogen) atoms. The topological polar surface area (TPSA) is 69.7 Å². The van der Waals surface area contributed by atoms with Crippen molar-refractivity contribution in [1.82, 2.24) is 10.3 Å². The summed E-state index contributed by atoms with van der Waals surface area (Å²) >= 11 is 0. The van der Waals surface area contributed by atoms with Gasteiger partial charge in [0.15, 0.2) is 0 Å². The summed E-state index contributed by atoms with van der Waals surface area (Å²) in [4.78, 5) is 16.4. The van der Waals surface area contributed by atoms with Crippen LogP contribution in [0.1, 0.15) is 52.6 Å². The maximum absolute atomic E-state index is 12.1. The molecule has 1 N–H and O–H groups in total. The number of carbonyl (C=O) groups is 1. The first-order valence-corrected chi connectivity index (χ1v) is 8.44. The molecule has 6 nitrogen and oxygen atoms in total. The van der Waals surface area contributed by atoms with Gasteiger partial charge < -0.3 is 19.4 Å². The van der Waals surface area contributed by atoms with E-state index in [1.807, 2.05) is 40.7 Å². The van der Waals surface area contributed by atoms with E-state index in [4.69, 9.17) is 14.0 Å². The van der Waals surface area contributed by atoms with Gasteiger partial charge in [-0.1, -0.05) is 12.1 Å². The monoisotopic (exact) mass is 346 g/mol. The molecule has 1 aromatic rings. The number of rotatable bonds is 5. The minimum Gasteiger partial charge on any atom is -0.444 e. The standard InChI is InChI=1S/C18H27BN2O4/c1-7-8-15(21-16(22)24-17(2,3)4)13-9-14(11-20-10-13)19-23-12-18(5,6)25-19/h7,9-11,15H,1,8,12H2,2-6H3,(H,21,22)/t15-/m0/s1. The van der Waals surface area contributed by atoms with E-state index in [1.165, 1.54) is 0 Å². The Morgan fingerprint density at radius 3 is 2.80 bits per heavy atom. The van der Waals surface area contributed by atoms with Crippen molar-refractivity contribution < 1.29 is 18.8 Å². The van der Waals surface area contributed by atoms with Crippen LogP contribution in [-0.2, 0) is 14.0 Å². The molecule has 1 aliphatic rings. The summed E-state index contributed by atoms with van der Waals surface area (Å²) < 4.78 is 16.9. The zero-order valence-electron chi connectivity index (χ0n) is 15.7. The molecule has 0 spiro atoms. The molecule has 1 amide bonds. The minimum atomic E-state index is -0.556. The molecule has 1 aliphatic heterocycles. The van der Waals surface area contributed by atoms with E-state index in [9.17, 15) is 4.79 Å². The Kier molecular flexibility index (Phi) is 5.90. The summed E-state index contributed by atoms with van der Waals surface area (Å²) in [6.07, 6.45) is 5.27. The third-order valence-corrected chi connectivity index (χ3v) is 3.56. The third kappa shape index (κ3) is 5.86. The van der Waals surface area contributed by atoms with Crippen molar-refractivity contribution >= 4 is 18.7 Å². The number of carbonyl (C=O) groups excluding carboxylic acids is 1. The van der Waals surface area contributed by atoms with Crippen molar-refractivity contribution in [2.75, 3.05) is 6.61 Å². The summed E-state index contributed by atoms with van der Waals surface area (Å²) in [6.45, 7) is 13.7. The number of nitrogens with zero attached hydrogens (tertiary/aromatic N) is 1. The Bertz CT molecular complexity index is 628. The van der Waals surface area contributed by atoms with Crippen LogP contribution in [0.3, 0.4) is 0 Å². The molecule has 0 aliphatic carbocycles. The number of ether oxygens (including phenoxy) is 1. The molecule has 1 saturated heterocycles. The van der Waals surface area contributed by atoms with Crippen LogP contribution in [0.5, 0.6) is 0 Å². The van der Waals surface area contributed by atoms with Crippen molar-refractivity contribution in [1.29, 1.82) is 0 Å². The summed E-state index contributed by atoms with van der Waals surface area (Å²) in [5, 5.41) is 2.87. The number of pyridine rings is 1. The van der Waals surface area contributed by atoms with Crippen LogP contribution in [0.15, 0.2) is 31.1 Å². The van der Waals surface area contributed by atoms with Gasteiger partial charge in [-0.3, -0.25) is 4.98 Å². The van der Waals surface area contributed by atoms with Gasteiger partial charge >= 0.3 is 13.2 Å². The smallest absolute Gasteiger partial charge is 0.444 e. The lowest BCUT2D eigenvalue weighted by Crippen LogP contribution is -2.37. The molecule has 0 bridgehead atoms. The quantitative estimate of drug-likeness (QED) is 0.656. The molecule has 1 aromatic heterocycles. The van der Waals surface area contributed by atoms with E-state index in [-0.39, 0.29) is 11.6 Å². The van der Waals surface area contributed by atoms with Gasteiger partial charge in [-0.25, -0.2) is 4.79 Å². The molecular weight excluding hydrogens is 319 g/mol. The van der Waals surface area contributed by atoms with Gasteiger partial charge in [0, 0.05) is 17.9 Å². The molecule has 0 radical (unpaired) electrons. The Balaban J connectivity index is 2.14. The number of aromatic nitrogens is 1. The first-order valence-electron chi connectivity index (χ1n) is 8.44. The highest BCUT2D eigenvalue weighted by Gasteiger charge is 2.38. The zero-order valence-corrected chi connectivity index (χ0v) is 15.7. The molecule has 0 aromatic carbocycles. The number of nitrogens with one attached hydrogen (secondary N) is 1. The number of hydrogen-bond acceptors (Lipinski definition) is 5. The largest absolute Gasteiger partial charge is 0.496 e. The van der Waals surface area contributed by atoms with E-state index in [1.54, 1.807) is 18.5 Å². The van der Waals surface area contributed by atoms with Gasteiger partial charge in [0.05, 0.1) is 18.2 Å². The first kappa shape index (κ1) is 19.5. The third-order valence-electron chi connectivity index (χ3n) is 3.56. The van der Waals surface area contributed by atoms with Gasteiger partial charge in [-0.15, -0.1) is 6.58 Å². The normalized spacial score (nSPS) is 17.9. The van der Waals surface area contributed by atoms with Gasteiger partial charge in [-0.2, -0.15) is 0 Å². The highest BCUT2D eigenvalue weighted by Crippen LogP contribution is 2.21. The second-order valence-corrected chi connectivity index (χ2v) is 7.80. The van der Waals surface area contributed by atoms with Gasteiger partial charge in [0.1, 0.15) is 5.60 Å². The second kappa shape index (κ2) is 7.58. The number of amides is 1. The van der Waals surface area contributed by atoms with Crippen molar-refractivity contribution in [3.8, 4) is 0 Å². The fourth-order valence-electron chi connectivity index (χ4n) is 2.49. The SMILES string of the molecule is C=CC[C@H](NC(=O)OC(C)(C)C)c1cncc(B2OCC(C)(C)O2)c1. The lowest BCUT2D eigenvalue weighted by molar-refractivity contribution is 0.0504. The maximum Gasteiger partial charge on any atom is 0.496 e. The van der Waals surface area contributed by atoms with Crippen LogP contribution in [0.2, 0.25) is 0 Å². The average Bonchev–Trinajstić information content (AvgIpc) is 2.85. The van der Waals surface area contributed by atoms with Crippen LogP contribution in [0.25, 0.3) is 0 Å². The summed E-state index contributed by atoms with van der Waals surface area (Å²) in [5.74, 6) is 0. The highest BCUT2D eigenvalue weighted by atomic mass is 16.7. The van der Waals surface area contributed by atoms with E-state index >= 15 is 0 Å². The Hall–Kier alpha value is -1.86. The van der Waals surface area contributed by atoms with Gasteiger partial charge in [0.2, 0.25) is 0 Å². The fourth-order valence-corrected chi connectivity index (χ4v) is 2.49. The molecule has 1 fully saturated rings. The van der Waals surface area contributed by atoms with E-state index in [2.05, 4.69) is 16.9 Å². The number of hydrogen-bond donors (Lipinski definition) is 1. The van der Waals surface area contributed by atoms with Crippen molar-refractivity contribution in [2.24, 2.45) is 0 Å². The molecule has 0 unspecified atom stereocenters. The van der Waals surface area contributed by atoms with Crippen molar-refractivity contribution in [3.05, 3.63) is 36.7 Å².